The van der Waals surface area contributed by atoms with E-state index in [0.717, 1.165) is 0 Å². The lowest BCUT2D eigenvalue weighted by molar-refractivity contribution is -0.116. The predicted molar refractivity (Wildman–Crippen MR) is 90.5 cm³/mol. The average Bonchev–Trinajstić information content (AvgIpc) is 2.51. The molecular formula is C18H21NO4. The zero-order chi connectivity index (χ0) is 17.0. The summed E-state index contributed by atoms with van der Waals surface area (Å²) in [6.45, 7) is 6.65. The highest BCUT2D eigenvalue weighted by Gasteiger charge is 2.11. The maximum Gasteiger partial charge on any atom is 0.244 e. The Morgan fingerprint density at radius 1 is 1.35 bits per heavy atom. The van der Waals surface area contributed by atoms with Crippen molar-refractivity contribution in [1.29, 1.82) is 0 Å². The van der Waals surface area contributed by atoms with Crippen LogP contribution < -0.4 is 15.5 Å². The molecule has 0 aliphatic carbocycles. The number of carbonyl (C=O) groups is 1. The molecule has 0 radical (unpaired) electrons. The number of methoxy groups -OCH3 is 1. The lowest BCUT2D eigenvalue weighted by atomic mass is 9.97. The van der Waals surface area contributed by atoms with Crippen LogP contribution in [0.1, 0.15) is 26.3 Å². The van der Waals surface area contributed by atoms with E-state index in [2.05, 4.69) is 5.32 Å². The van der Waals surface area contributed by atoms with E-state index in [1.807, 2.05) is 20.8 Å². The molecule has 1 heterocycles. The summed E-state index contributed by atoms with van der Waals surface area (Å²) in [7, 11) is 1.55. The summed E-state index contributed by atoms with van der Waals surface area (Å²) in [5.74, 6) is 0.375. The predicted octanol–water partition coefficient (Wildman–Crippen LogP) is 2.98. The van der Waals surface area contributed by atoms with Crippen molar-refractivity contribution < 1.29 is 13.9 Å². The monoisotopic (exact) mass is 315 g/mol. The molecule has 0 saturated carbocycles. The topological polar surface area (TPSA) is 68.5 Å². The summed E-state index contributed by atoms with van der Waals surface area (Å²) in [6, 6.07) is 5.00. The Hall–Kier alpha value is -2.56. The Balaban J connectivity index is 2.20. The van der Waals surface area contributed by atoms with E-state index in [9.17, 15) is 9.59 Å². The molecule has 5 nitrogen and oxygen atoms in total. The standard InChI is InChI=1S/C18H21NO4/c1-18(2,3)11-19-16(20)8-5-12-10-23-15-9-13(22-4)6-7-14(15)17(12)21/h5-10H,11H2,1-4H3,(H,19,20)/b8-5+. The van der Waals surface area contributed by atoms with Crippen LogP contribution >= 0.6 is 0 Å². The van der Waals surface area contributed by atoms with Gasteiger partial charge in [0.05, 0.1) is 18.1 Å². The zero-order valence-corrected chi connectivity index (χ0v) is 13.8. The molecule has 0 bridgehead atoms. The van der Waals surface area contributed by atoms with E-state index in [0.29, 0.717) is 28.8 Å². The van der Waals surface area contributed by atoms with Crippen LogP contribution in [0.4, 0.5) is 0 Å². The molecule has 2 aromatic rings. The van der Waals surface area contributed by atoms with E-state index < -0.39 is 0 Å². The van der Waals surface area contributed by atoms with Crippen molar-refractivity contribution >= 4 is 23.0 Å². The van der Waals surface area contributed by atoms with E-state index >= 15 is 0 Å². The molecule has 0 aliphatic rings. The van der Waals surface area contributed by atoms with Gasteiger partial charge in [-0.2, -0.15) is 0 Å². The maximum absolute atomic E-state index is 12.4. The van der Waals surface area contributed by atoms with Gasteiger partial charge >= 0.3 is 0 Å². The Kier molecular flexibility index (Phi) is 4.89. The van der Waals surface area contributed by atoms with E-state index in [4.69, 9.17) is 9.15 Å². The van der Waals surface area contributed by atoms with Crippen molar-refractivity contribution in [3.8, 4) is 5.75 Å². The van der Waals surface area contributed by atoms with Gasteiger partial charge in [0.15, 0.2) is 5.43 Å². The fraction of sp³-hybridized carbons (Fsp3) is 0.333. The van der Waals surface area contributed by atoms with E-state index in [-0.39, 0.29) is 16.8 Å². The smallest absolute Gasteiger partial charge is 0.244 e. The lowest BCUT2D eigenvalue weighted by Crippen LogP contribution is -2.30. The highest BCUT2D eigenvalue weighted by atomic mass is 16.5. The Morgan fingerprint density at radius 2 is 2.09 bits per heavy atom. The normalized spacial score (nSPS) is 11.8. The van der Waals surface area contributed by atoms with Gasteiger partial charge in [-0.25, -0.2) is 0 Å². The number of fused-ring (bicyclic) bond motifs is 1. The third-order valence-corrected chi connectivity index (χ3v) is 3.22. The highest BCUT2D eigenvalue weighted by Crippen LogP contribution is 2.19. The highest BCUT2D eigenvalue weighted by molar-refractivity contribution is 5.92. The number of amides is 1. The van der Waals surface area contributed by atoms with Crippen molar-refractivity contribution in [2.24, 2.45) is 5.41 Å². The van der Waals surface area contributed by atoms with Gasteiger partial charge in [-0.1, -0.05) is 20.8 Å². The summed E-state index contributed by atoms with van der Waals surface area (Å²) in [5, 5.41) is 3.24. The first-order chi connectivity index (χ1) is 10.8. The van der Waals surface area contributed by atoms with Gasteiger partial charge in [0.25, 0.3) is 0 Å². The minimum atomic E-state index is -0.242. The van der Waals surface area contributed by atoms with Gasteiger partial charge in [-0.3, -0.25) is 9.59 Å². The van der Waals surface area contributed by atoms with Crippen LogP contribution in [0, 0.1) is 5.41 Å². The molecule has 1 amide bonds. The zero-order valence-electron chi connectivity index (χ0n) is 13.8. The lowest BCUT2D eigenvalue weighted by Gasteiger charge is -2.17. The van der Waals surface area contributed by atoms with Crippen molar-refractivity contribution in [1.82, 2.24) is 5.32 Å². The minimum Gasteiger partial charge on any atom is -0.497 e. The molecule has 122 valence electrons. The summed E-state index contributed by atoms with van der Waals surface area (Å²) in [6.07, 6.45) is 4.15. The summed E-state index contributed by atoms with van der Waals surface area (Å²) >= 11 is 0. The fourth-order valence-electron chi connectivity index (χ4n) is 1.94. The van der Waals surface area contributed by atoms with Crippen molar-refractivity contribution in [3.63, 3.8) is 0 Å². The molecule has 23 heavy (non-hydrogen) atoms. The minimum absolute atomic E-state index is 0.00450. The SMILES string of the molecule is COc1ccc2c(=O)c(/C=C/C(=O)NCC(C)(C)C)coc2c1. The number of hydrogen-bond donors (Lipinski definition) is 1. The number of carbonyl (C=O) groups excluding carboxylic acids is 1. The number of ether oxygens (including phenoxy) is 1. The number of rotatable bonds is 4. The van der Waals surface area contributed by atoms with Crippen LogP contribution in [0.25, 0.3) is 17.0 Å². The number of nitrogens with one attached hydrogen (secondary N) is 1. The number of hydrogen-bond acceptors (Lipinski definition) is 4. The largest absolute Gasteiger partial charge is 0.497 e. The molecule has 0 spiro atoms. The summed E-state index contributed by atoms with van der Waals surface area (Å²) < 4.78 is 10.5. The quantitative estimate of drug-likeness (QED) is 0.881. The van der Waals surface area contributed by atoms with Crippen LogP contribution in [0.2, 0.25) is 0 Å². The molecule has 1 aromatic carbocycles. The molecule has 0 saturated heterocycles. The molecule has 0 aliphatic heterocycles. The van der Waals surface area contributed by atoms with Gasteiger partial charge in [-0.15, -0.1) is 0 Å². The molecule has 1 aromatic heterocycles. The first-order valence-corrected chi connectivity index (χ1v) is 7.35. The second kappa shape index (κ2) is 6.69. The van der Waals surface area contributed by atoms with Gasteiger partial charge < -0.3 is 14.5 Å². The molecule has 0 unspecified atom stereocenters. The third-order valence-electron chi connectivity index (χ3n) is 3.22. The molecule has 0 atom stereocenters. The average molecular weight is 315 g/mol. The van der Waals surface area contributed by atoms with Crippen LogP contribution in [-0.2, 0) is 4.79 Å². The molecule has 5 heteroatoms. The van der Waals surface area contributed by atoms with Gasteiger partial charge in [-0.05, 0) is 23.6 Å². The van der Waals surface area contributed by atoms with Crippen molar-refractivity contribution in [2.45, 2.75) is 20.8 Å². The van der Waals surface area contributed by atoms with E-state index in [1.165, 1.54) is 18.4 Å². The Morgan fingerprint density at radius 3 is 2.74 bits per heavy atom. The summed E-state index contributed by atoms with van der Waals surface area (Å²) in [4.78, 5) is 24.1. The summed E-state index contributed by atoms with van der Waals surface area (Å²) in [5.41, 5.74) is 0.593. The number of benzene rings is 1. The Labute approximate surface area is 134 Å². The molecule has 1 N–H and O–H groups in total. The van der Waals surface area contributed by atoms with Crippen LogP contribution in [0.15, 0.2) is 39.7 Å². The fourth-order valence-corrected chi connectivity index (χ4v) is 1.94. The molecule has 2 rings (SSSR count). The van der Waals surface area contributed by atoms with Crippen molar-refractivity contribution in [3.05, 3.63) is 46.3 Å². The van der Waals surface area contributed by atoms with Crippen LogP contribution in [-0.4, -0.2) is 19.6 Å². The second-order valence-corrected chi connectivity index (χ2v) is 6.49. The first kappa shape index (κ1) is 16.8. The molecular weight excluding hydrogens is 294 g/mol. The van der Waals surface area contributed by atoms with Gasteiger partial charge in [0, 0.05) is 18.7 Å². The van der Waals surface area contributed by atoms with Crippen molar-refractivity contribution in [2.75, 3.05) is 13.7 Å². The third kappa shape index (κ3) is 4.45. The first-order valence-electron chi connectivity index (χ1n) is 7.35. The van der Waals surface area contributed by atoms with Gasteiger partial charge in [0.2, 0.25) is 5.91 Å². The van der Waals surface area contributed by atoms with Gasteiger partial charge in [0.1, 0.15) is 17.6 Å². The second-order valence-electron chi connectivity index (χ2n) is 6.49. The van der Waals surface area contributed by atoms with Crippen LogP contribution in [0.5, 0.6) is 5.75 Å². The molecule has 0 fully saturated rings. The van der Waals surface area contributed by atoms with E-state index in [1.54, 1.807) is 25.3 Å². The Bertz CT molecular complexity index is 797. The maximum atomic E-state index is 12.4. The van der Waals surface area contributed by atoms with Crippen LogP contribution in [0.3, 0.4) is 0 Å².